The van der Waals surface area contributed by atoms with Gasteiger partial charge in [-0.25, -0.2) is 0 Å². The number of hydrogen-bond donors (Lipinski definition) is 1. The second-order valence-corrected chi connectivity index (χ2v) is 4.41. The normalized spacial score (nSPS) is 18.7. The van der Waals surface area contributed by atoms with Crippen molar-refractivity contribution in [1.29, 1.82) is 0 Å². The number of ether oxygens (including phenoxy) is 1. The molecule has 0 aromatic carbocycles. The summed E-state index contributed by atoms with van der Waals surface area (Å²) in [6, 6.07) is 1.87. The van der Waals surface area contributed by atoms with Crippen LogP contribution < -0.4 is 4.74 Å². The van der Waals surface area contributed by atoms with Gasteiger partial charge in [-0.15, -0.1) is 5.10 Å². The molecule has 0 spiro atoms. The lowest BCUT2D eigenvalue weighted by atomic mass is 9.97. The molecule has 2 rings (SSSR count). The summed E-state index contributed by atoms with van der Waals surface area (Å²) in [6.07, 6.45) is 11.4. The summed E-state index contributed by atoms with van der Waals surface area (Å²) in [5.74, 6) is 1.61. The molecule has 0 saturated heterocycles. The van der Waals surface area contributed by atoms with Gasteiger partial charge in [-0.05, 0) is 12.3 Å². The Bertz CT molecular complexity index is 251. The number of nitrogens with one attached hydrogen (secondary N) is 1. The third-order valence-corrected chi connectivity index (χ3v) is 3.23. The lowest BCUT2D eigenvalue weighted by molar-refractivity contribution is 0.259. The molecule has 0 aliphatic heterocycles. The zero-order valence-corrected chi connectivity index (χ0v) is 9.24. The van der Waals surface area contributed by atoms with Gasteiger partial charge in [-0.2, -0.15) is 0 Å². The second-order valence-electron chi connectivity index (χ2n) is 4.41. The Morgan fingerprint density at radius 2 is 2.07 bits per heavy atom. The molecule has 0 bridgehead atoms. The van der Waals surface area contributed by atoms with Crippen LogP contribution in [0.25, 0.3) is 0 Å². The van der Waals surface area contributed by atoms with Gasteiger partial charge in [0, 0.05) is 12.3 Å². The topological polar surface area (TPSA) is 37.9 Å². The largest absolute Gasteiger partial charge is 0.477 e. The third kappa shape index (κ3) is 3.57. The summed E-state index contributed by atoms with van der Waals surface area (Å²) < 4.78 is 5.55. The summed E-state index contributed by atoms with van der Waals surface area (Å²) in [7, 11) is 0. The fraction of sp³-hybridized carbons (Fsp3) is 0.750. The van der Waals surface area contributed by atoms with Crippen LogP contribution in [-0.4, -0.2) is 16.8 Å². The van der Waals surface area contributed by atoms with Gasteiger partial charge in [0.2, 0.25) is 5.88 Å². The summed E-state index contributed by atoms with van der Waals surface area (Å²) in [5, 5.41) is 6.72. The van der Waals surface area contributed by atoms with Gasteiger partial charge < -0.3 is 4.74 Å². The van der Waals surface area contributed by atoms with E-state index in [9.17, 15) is 0 Å². The van der Waals surface area contributed by atoms with Crippen molar-refractivity contribution in [2.75, 3.05) is 6.61 Å². The molecule has 1 heterocycles. The van der Waals surface area contributed by atoms with E-state index in [1.165, 1.54) is 44.9 Å². The molecule has 15 heavy (non-hydrogen) atoms. The third-order valence-electron chi connectivity index (χ3n) is 3.23. The Kier molecular flexibility index (Phi) is 4.06. The van der Waals surface area contributed by atoms with E-state index in [0.29, 0.717) is 0 Å². The van der Waals surface area contributed by atoms with Crippen molar-refractivity contribution in [2.45, 2.75) is 44.9 Å². The van der Waals surface area contributed by atoms with Crippen LogP contribution in [0.3, 0.4) is 0 Å². The minimum Gasteiger partial charge on any atom is -0.477 e. The van der Waals surface area contributed by atoms with Crippen molar-refractivity contribution < 1.29 is 4.74 Å². The Morgan fingerprint density at radius 1 is 1.27 bits per heavy atom. The van der Waals surface area contributed by atoms with Gasteiger partial charge in [0.1, 0.15) is 0 Å². The Labute approximate surface area is 91.2 Å². The van der Waals surface area contributed by atoms with Crippen LogP contribution in [0.4, 0.5) is 0 Å². The van der Waals surface area contributed by atoms with Crippen LogP contribution in [0.5, 0.6) is 5.88 Å². The maximum Gasteiger partial charge on any atom is 0.232 e. The highest BCUT2D eigenvalue weighted by Gasteiger charge is 2.12. The first-order chi connectivity index (χ1) is 7.45. The van der Waals surface area contributed by atoms with E-state index in [1.54, 1.807) is 6.20 Å². The number of aromatic amines is 1. The van der Waals surface area contributed by atoms with Crippen molar-refractivity contribution in [3.05, 3.63) is 12.3 Å². The van der Waals surface area contributed by atoms with Crippen LogP contribution in [-0.2, 0) is 0 Å². The zero-order valence-electron chi connectivity index (χ0n) is 9.24. The molecule has 0 atom stereocenters. The predicted octanol–water partition coefficient (Wildman–Crippen LogP) is 3.15. The predicted molar refractivity (Wildman–Crippen MR) is 59.9 cm³/mol. The Balaban J connectivity index is 1.64. The molecule has 1 aromatic heterocycles. The fourth-order valence-electron chi connectivity index (χ4n) is 2.31. The molecular formula is C12H20N2O. The minimum absolute atomic E-state index is 0.726. The van der Waals surface area contributed by atoms with E-state index in [4.69, 9.17) is 4.74 Å². The van der Waals surface area contributed by atoms with Crippen LogP contribution in [0.2, 0.25) is 0 Å². The quantitative estimate of drug-likeness (QED) is 0.772. The first kappa shape index (κ1) is 10.5. The van der Waals surface area contributed by atoms with Crippen LogP contribution in [0.15, 0.2) is 12.3 Å². The van der Waals surface area contributed by atoms with E-state index < -0.39 is 0 Å². The lowest BCUT2D eigenvalue weighted by Crippen LogP contribution is -2.06. The van der Waals surface area contributed by atoms with Crippen LogP contribution in [0, 0.1) is 5.92 Å². The molecule has 1 saturated carbocycles. The summed E-state index contributed by atoms with van der Waals surface area (Å²) >= 11 is 0. The maximum atomic E-state index is 5.55. The van der Waals surface area contributed by atoms with Crippen molar-refractivity contribution >= 4 is 0 Å². The first-order valence-corrected chi connectivity index (χ1v) is 6.08. The highest BCUT2D eigenvalue weighted by atomic mass is 16.5. The minimum atomic E-state index is 0.726. The molecule has 3 heteroatoms. The van der Waals surface area contributed by atoms with Gasteiger partial charge in [0.05, 0.1) is 6.61 Å². The van der Waals surface area contributed by atoms with Crippen molar-refractivity contribution in [1.82, 2.24) is 10.2 Å². The first-order valence-electron chi connectivity index (χ1n) is 6.08. The fourth-order valence-corrected chi connectivity index (χ4v) is 2.31. The summed E-state index contributed by atoms with van der Waals surface area (Å²) in [6.45, 7) is 0.815. The van der Waals surface area contributed by atoms with Crippen molar-refractivity contribution in [2.24, 2.45) is 5.92 Å². The number of nitrogens with zero attached hydrogens (tertiary/aromatic N) is 1. The van der Waals surface area contributed by atoms with Crippen LogP contribution in [0.1, 0.15) is 44.9 Å². The lowest BCUT2D eigenvalue weighted by Gasteiger charge is -2.13. The zero-order chi connectivity index (χ0) is 10.3. The highest BCUT2D eigenvalue weighted by Crippen LogP contribution is 2.25. The number of aromatic nitrogens is 2. The molecule has 1 aliphatic carbocycles. The molecule has 0 unspecified atom stereocenters. The second kappa shape index (κ2) is 5.79. The average Bonchev–Trinajstić information content (AvgIpc) is 2.62. The van der Waals surface area contributed by atoms with Gasteiger partial charge in [-0.3, -0.25) is 5.10 Å². The Morgan fingerprint density at radius 3 is 2.73 bits per heavy atom. The molecule has 0 radical (unpaired) electrons. The highest BCUT2D eigenvalue weighted by molar-refractivity contribution is 5.03. The van der Waals surface area contributed by atoms with E-state index in [1.807, 2.05) is 6.07 Å². The summed E-state index contributed by atoms with van der Waals surface area (Å²) in [5.41, 5.74) is 0. The molecule has 0 amide bonds. The van der Waals surface area contributed by atoms with E-state index in [-0.39, 0.29) is 0 Å². The van der Waals surface area contributed by atoms with Gasteiger partial charge in [0.25, 0.3) is 0 Å². The molecule has 1 aromatic rings. The molecule has 1 N–H and O–H groups in total. The van der Waals surface area contributed by atoms with Gasteiger partial charge >= 0.3 is 0 Å². The van der Waals surface area contributed by atoms with Crippen LogP contribution >= 0.6 is 0 Å². The number of rotatable bonds is 4. The van der Waals surface area contributed by atoms with Gasteiger partial charge in [-0.1, -0.05) is 38.5 Å². The van der Waals surface area contributed by atoms with E-state index in [2.05, 4.69) is 10.2 Å². The maximum absolute atomic E-state index is 5.55. The Hall–Kier alpha value is -0.990. The molecule has 3 nitrogen and oxygen atoms in total. The molecule has 1 fully saturated rings. The average molecular weight is 208 g/mol. The molecular weight excluding hydrogens is 188 g/mol. The molecule has 1 aliphatic rings. The van der Waals surface area contributed by atoms with Gasteiger partial charge in [0.15, 0.2) is 0 Å². The summed E-state index contributed by atoms with van der Waals surface area (Å²) in [4.78, 5) is 0. The van der Waals surface area contributed by atoms with Crippen molar-refractivity contribution in [3.63, 3.8) is 0 Å². The molecule has 84 valence electrons. The monoisotopic (exact) mass is 208 g/mol. The van der Waals surface area contributed by atoms with E-state index in [0.717, 1.165) is 18.4 Å². The SMILES string of the molecule is c1cc(OCCC2CCCCCC2)n[nH]1. The smallest absolute Gasteiger partial charge is 0.232 e. The number of hydrogen-bond acceptors (Lipinski definition) is 2. The number of H-pyrrole nitrogens is 1. The van der Waals surface area contributed by atoms with Crippen molar-refractivity contribution in [3.8, 4) is 5.88 Å². The standard InChI is InChI=1S/C12H20N2O/c1-2-4-6-11(5-3-1)8-10-15-12-7-9-13-14-12/h7,9,11H,1-6,8,10H2,(H,13,14). The van der Waals surface area contributed by atoms with E-state index >= 15 is 0 Å².